The summed E-state index contributed by atoms with van der Waals surface area (Å²) in [5, 5.41) is 5.30. The highest BCUT2D eigenvalue weighted by Crippen LogP contribution is 2.18. The number of amides is 2. The first-order chi connectivity index (χ1) is 8.71. The maximum Gasteiger partial charge on any atom is 0.243 e. The Labute approximate surface area is 113 Å². The van der Waals surface area contributed by atoms with Crippen molar-refractivity contribution in [3.05, 3.63) is 29.3 Å². The lowest BCUT2D eigenvalue weighted by atomic mass is 10.1. The van der Waals surface area contributed by atoms with Crippen LogP contribution in [0.25, 0.3) is 0 Å². The number of para-hydroxylation sites is 1. The predicted molar refractivity (Wildman–Crippen MR) is 75.8 cm³/mol. The van der Waals surface area contributed by atoms with Crippen LogP contribution < -0.4 is 16.4 Å². The molecule has 0 heterocycles. The van der Waals surface area contributed by atoms with Crippen LogP contribution in [0.1, 0.15) is 25.0 Å². The molecule has 0 aliphatic rings. The third-order valence-corrected chi connectivity index (χ3v) is 2.74. The Balaban J connectivity index is 2.60. The standard InChI is InChI=1S/C14H21N3O2/c1-9-6-5-7-10(2)12(9)17-11(18)8-16-13(19)14(3,4)15/h5-7H,8,15H2,1-4H3,(H,16,19)(H,17,18). The van der Waals surface area contributed by atoms with E-state index in [0.29, 0.717) is 0 Å². The Morgan fingerprint density at radius 2 is 1.74 bits per heavy atom. The molecule has 1 aromatic carbocycles. The van der Waals surface area contributed by atoms with Crippen LogP contribution in [0.15, 0.2) is 18.2 Å². The van der Waals surface area contributed by atoms with Crippen molar-refractivity contribution in [3.8, 4) is 0 Å². The van der Waals surface area contributed by atoms with Gasteiger partial charge in [0.1, 0.15) is 0 Å². The number of nitrogens with one attached hydrogen (secondary N) is 2. The molecule has 19 heavy (non-hydrogen) atoms. The number of hydrogen-bond donors (Lipinski definition) is 3. The molecule has 0 aliphatic heterocycles. The third kappa shape index (κ3) is 4.37. The molecule has 0 fully saturated rings. The zero-order valence-corrected chi connectivity index (χ0v) is 11.8. The molecular formula is C14H21N3O2. The van der Waals surface area contributed by atoms with Crippen LogP contribution in [0.3, 0.4) is 0 Å². The fourth-order valence-electron chi connectivity index (χ4n) is 1.58. The molecule has 0 atom stereocenters. The number of nitrogens with two attached hydrogens (primary N) is 1. The molecule has 104 valence electrons. The quantitative estimate of drug-likeness (QED) is 0.760. The Bertz CT molecular complexity index is 470. The summed E-state index contributed by atoms with van der Waals surface area (Å²) >= 11 is 0. The SMILES string of the molecule is Cc1cccc(C)c1NC(=O)CNC(=O)C(C)(C)N. The minimum Gasteiger partial charge on any atom is -0.345 e. The fourth-order valence-corrected chi connectivity index (χ4v) is 1.58. The Kier molecular flexibility index (Phi) is 4.67. The van der Waals surface area contributed by atoms with Gasteiger partial charge in [0.2, 0.25) is 11.8 Å². The van der Waals surface area contributed by atoms with Crippen LogP contribution >= 0.6 is 0 Å². The van der Waals surface area contributed by atoms with Gasteiger partial charge >= 0.3 is 0 Å². The van der Waals surface area contributed by atoms with Gasteiger partial charge in [0.15, 0.2) is 0 Å². The normalized spacial score (nSPS) is 11.0. The lowest BCUT2D eigenvalue weighted by Crippen LogP contribution is -2.50. The molecule has 0 unspecified atom stereocenters. The molecule has 2 amide bonds. The van der Waals surface area contributed by atoms with E-state index in [1.807, 2.05) is 32.0 Å². The Morgan fingerprint density at radius 3 is 2.21 bits per heavy atom. The molecule has 1 aromatic rings. The van der Waals surface area contributed by atoms with E-state index in [9.17, 15) is 9.59 Å². The summed E-state index contributed by atoms with van der Waals surface area (Å²) in [7, 11) is 0. The van der Waals surface area contributed by atoms with E-state index in [1.165, 1.54) is 0 Å². The van der Waals surface area contributed by atoms with Gasteiger partial charge in [0.25, 0.3) is 0 Å². The van der Waals surface area contributed by atoms with Crippen molar-refractivity contribution in [1.29, 1.82) is 0 Å². The van der Waals surface area contributed by atoms with Gasteiger partial charge in [-0.15, -0.1) is 0 Å². The largest absolute Gasteiger partial charge is 0.345 e. The minimum absolute atomic E-state index is 0.0900. The van der Waals surface area contributed by atoms with Crippen LogP contribution in [0, 0.1) is 13.8 Å². The van der Waals surface area contributed by atoms with E-state index in [2.05, 4.69) is 10.6 Å². The number of benzene rings is 1. The van der Waals surface area contributed by atoms with Crippen molar-refractivity contribution in [2.75, 3.05) is 11.9 Å². The van der Waals surface area contributed by atoms with Crippen molar-refractivity contribution in [1.82, 2.24) is 5.32 Å². The summed E-state index contributed by atoms with van der Waals surface area (Å²) in [6, 6.07) is 5.77. The zero-order valence-electron chi connectivity index (χ0n) is 11.8. The van der Waals surface area contributed by atoms with E-state index in [4.69, 9.17) is 5.73 Å². The number of anilines is 1. The molecule has 0 bridgehead atoms. The first kappa shape index (κ1) is 15.2. The lowest BCUT2D eigenvalue weighted by molar-refractivity contribution is -0.127. The number of hydrogen-bond acceptors (Lipinski definition) is 3. The molecular weight excluding hydrogens is 242 g/mol. The topological polar surface area (TPSA) is 84.2 Å². The summed E-state index contributed by atoms with van der Waals surface area (Å²) < 4.78 is 0. The van der Waals surface area contributed by atoms with Gasteiger partial charge in [-0.2, -0.15) is 0 Å². The molecule has 5 nitrogen and oxygen atoms in total. The van der Waals surface area contributed by atoms with Gasteiger partial charge in [0, 0.05) is 5.69 Å². The Hall–Kier alpha value is -1.88. The van der Waals surface area contributed by atoms with Crippen LogP contribution in [0.5, 0.6) is 0 Å². The molecule has 4 N–H and O–H groups in total. The maximum atomic E-state index is 11.8. The van der Waals surface area contributed by atoms with Crippen LogP contribution in [0.4, 0.5) is 5.69 Å². The molecule has 0 radical (unpaired) electrons. The molecule has 0 aromatic heterocycles. The van der Waals surface area contributed by atoms with Gasteiger partial charge in [-0.25, -0.2) is 0 Å². The van der Waals surface area contributed by atoms with E-state index in [0.717, 1.165) is 16.8 Å². The zero-order chi connectivity index (χ0) is 14.6. The van der Waals surface area contributed by atoms with Crippen molar-refractivity contribution in [2.24, 2.45) is 5.73 Å². The fraction of sp³-hybridized carbons (Fsp3) is 0.429. The molecule has 0 saturated carbocycles. The first-order valence-electron chi connectivity index (χ1n) is 6.15. The third-order valence-electron chi connectivity index (χ3n) is 2.74. The van der Waals surface area contributed by atoms with Crippen molar-refractivity contribution in [3.63, 3.8) is 0 Å². The molecule has 0 aliphatic carbocycles. The van der Waals surface area contributed by atoms with Gasteiger partial charge in [-0.05, 0) is 38.8 Å². The van der Waals surface area contributed by atoms with E-state index in [1.54, 1.807) is 13.8 Å². The molecule has 0 spiro atoms. The van der Waals surface area contributed by atoms with Gasteiger partial charge < -0.3 is 16.4 Å². The highest BCUT2D eigenvalue weighted by atomic mass is 16.2. The molecule has 5 heteroatoms. The van der Waals surface area contributed by atoms with E-state index >= 15 is 0 Å². The van der Waals surface area contributed by atoms with Gasteiger partial charge in [-0.1, -0.05) is 18.2 Å². The smallest absolute Gasteiger partial charge is 0.243 e. The van der Waals surface area contributed by atoms with Crippen molar-refractivity contribution in [2.45, 2.75) is 33.2 Å². The number of carbonyl (C=O) groups excluding carboxylic acids is 2. The number of rotatable bonds is 4. The molecule has 1 rings (SSSR count). The van der Waals surface area contributed by atoms with Gasteiger partial charge in [0.05, 0.1) is 12.1 Å². The highest BCUT2D eigenvalue weighted by molar-refractivity contribution is 5.96. The van der Waals surface area contributed by atoms with Crippen molar-refractivity contribution < 1.29 is 9.59 Å². The van der Waals surface area contributed by atoms with Crippen molar-refractivity contribution >= 4 is 17.5 Å². The Morgan fingerprint density at radius 1 is 1.21 bits per heavy atom. The van der Waals surface area contributed by atoms with E-state index < -0.39 is 5.54 Å². The maximum absolute atomic E-state index is 11.8. The second kappa shape index (κ2) is 5.84. The number of aryl methyl sites for hydroxylation is 2. The van der Waals surface area contributed by atoms with Crippen LogP contribution in [0.2, 0.25) is 0 Å². The second-order valence-corrected chi connectivity index (χ2v) is 5.22. The number of carbonyl (C=O) groups is 2. The summed E-state index contributed by atoms with van der Waals surface area (Å²) in [5.74, 6) is -0.626. The summed E-state index contributed by atoms with van der Waals surface area (Å²) in [4.78, 5) is 23.3. The summed E-state index contributed by atoms with van der Waals surface area (Å²) in [6.45, 7) is 6.93. The average Bonchev–Trinajstić information content (AvgIpc) is 2.29. The monoisotopic (exact) mass is 263 g/mol. The van der Waals surface area contributed by atoms with Crippen LogP contribution in [-0.4, -0.2) is 23.9 Å². The predicted octanol–water partition coefficient (Wildman–Crippen LogP) is 1.10. The minimum atomic E-state index is -0.987. The van der Waals surface area contributed by atoms with Crippen LogP contribution in [-0.2, 0) is 9.59 Å². The summed E-state index contributed by atoms with van der Waals surface area (Å²) in [6.07, 6.45) is 0. The van der Waals surface area contributed by atoms with E-state index in [-0.39, 0.29) is 18.4 Å². The highest BCUT2D eigenvalue weighted by Gasteiger charge is 2.22. The first-order valence-corrected chi connectivity index (χ1v) is 6.15. The average molecular weight is 263 g/mol. The summed E-state index contributed by atoms with van der Waals surface area (Å²) in [5.41, 5.74) is 7.39. The lowest BCUT2D eigenvalue weighted by Gasteiger charge is -2.18. The van der Waals surface area contributed by atoms with Gasteiger partial charge in [-0.3, -0.25) is 9.59 Å². The molecule has 0 saturated heterocycles. The second-order valence-electron chi connectivity index (χ2n) is 5.22.